The van der Waals surface area contributed by atoms with Crippen LogP contribution in [0, 0.1) is 12.8 Å². The number of nitrogens with zero attached hydrogens (tertiary/aromatic N) is 4. The van der Waals surface area contributed by atoms with Gasteiger partial charge in [-0.1, -0.05) is 0 Å². The lowest BCUT2D eigenvalue weighted by molar-refractivity contribution is -0.0457. The van der Waals surface area contributed by atoms with Crippen LogP contribution in [0.3, 0.4) is 0 Å². The fourth-order valence-electron chi connectivity index (χ4n) is 3.75. The highest BCUT2D eigenvalue weighted by molar-refractivity contribution is 7.13. The topological polar surface area (TPSA) is 77.4 Å². The number of methoxy groups -OCH3 is 1. The van der Waals surface area contributed by atoms with Gasteiger partial charge in [0, 0.05) is 35.7 Å². The molecule has 0 unspecified atom stereocenters. The summed E-state index contributed by atoms with van der Waals surface area (Å²) in [5.41, 5.74) is 1.65. The Bertz CT molecular complexity index is 907. The van der Waals surface area contributed by atoms with Gasteiger partial charge in [-0.2, -0.15) is 4.98 Å². The molecule has 2 aromatic heterocycles. The van der Waals surface area contributed by atoms with Crippen molar-refractivity contribution in [2.24, 2.45) is 5.92 Å². The Hall–Kier alpha value is -2.36. The van der Waals surface area contributed by atoms with E-state index in [9.17, 15) is 13.6 Å². The maximum atomic E-state index is 13.5. The number of carbonyl (C=O) groups is 1. The first kappa shape index (κ1) is 20.9. The van der Waals surface area contributed by atoms with E-state index in [0.29, 0.717) is 49.1 Å². The maximum Gasteiger partial charge on any atom is 0.409 e. The third-order valence-corrected chi connectivity index (χ3v) is 6.42. The van der Waals surface area contributed by atoms with Gasteiger partial charge in [-0.15, -0.1) is 11.3 Å². The highest BCUT2D eigenvalue weighted by Gasteiger charge is 2.36. The minimum absolute atomic E-state index is 0.0733. The van der Waals surface area contributed by atoms with E-state index in [1.165, 1.54) is 18.4 Å². The third kappa shape index (κ3) is 4.85. The van der Waals surface area contributed by atoms with Gasteiger partial charge in [0.15, 0.2) is 10.8 Å². The number of alkyl halides is 2. The molecule has 1 saturated carbocycles. The summed E-state index contributed by atoms with van der Waals surface area (Å²) in [6.07, 6.45) is 0.861. The van der Waals surface area contributed by atoms with E-state index < -0.39 is 5.92 Å². The van der Waals surface area contributed by atoms with Crippen LogP contribution in [-0.2, 0) is 11.2 Å². The van der Waals surface area contributed by atoms with E-state index in [1.54, 1.807) is 11.0 Å². The number of hydrogen-bond acceptors (Lipinski definition) is 7. The molecule has 2 fully saturated rings. The molecule has 2 aliphatic rings. The average Bonchev–Trinajstić information content (AvgIpc) is 3.12. The first-order chi connectivity index (χ1) is 14.3. The van der Waals surface area contributed by atoms with Gasteiger partial charge in [0.05, 0.1) is 20.2 Å². The minimum atomic E-state index is -2.55. The van der Waals surface area contributed by atoms with E-state index in [2.05, 4.69) is 15.0 Å². The van der Waals surface area contributed by atoms with Crippen LogP contribution in [0.5, 0.6) is 5.88 Å². The molecule has 0 atom stereocenters. The molecule has 1 aliphatic carbocycles. The van der Waals surface area contributed by atoms with Gasteiger partial charge in [0.1, 0.15) is 6.10 Å². The second kappa shape index (κ2) is 8.41. The largest absolute Gasteiger partial charge is 0.470 e. The van der Waals surface area contributed by atoms with Crippen molar-refractivity contribution in [2.75, 3.05) is 20.2 Å². The molecule has 162 valence electrons. The van der Waals surface area contributed by atoms with E-state index in [0.717, 1.165) is 11.4 Å². The van der Waals surface area contributed by atoms with Gasteiger partial charge >= 0.3 is 6.09 Å². The predicted molar refractivity (Wildman–Crippen MR) is 107 cm³/mol. The summed E-state index contributed by atoms with van der Waals surface area (Å²) in [7, 11) is 1.34. The van der Waals surface area contributed by atoms with Gasteiger partial charge in [0.25, 0.3) is 0 Å². The van der Waals surface area contributed by atoms with Crippen molar-refractivity contribution < 1.29 is 23.0 Å². The molecule has 2 aromatic rings. The fourth-order valence-corrected chi connectivity index (χ4v) is 4.48. The van der Waals surface area contributed by atoms with Gasteiger partial charge in [0.2, 0.25) is 11.8 Å². The number of aromatic nitrogens is 3. The molecular weight excluding hydrogens is 414 g/mol. The van der Waals surface area contributed by atoms with Crippen LogP contribution in [-0.4, -0.2) is 58.2 Å². The first-order valence-corrected chi connectivity index (χ1v) is 10.9. The van der Waals surface area contributed by atoms with Crippen LogP contribution in [0.2, 0.25) is 0 Å². The molecule has 1 saturated heterocycles. The van der Waals surface area contributed by atoms with Crippen LogP contribution < -0.4 is 4.74 Å². The quantitative estimate of drug-likeness (QED) is 0.699. The lowest BCUT2D eigenvalue weighted by atomic mass is 9.84. The third-order valence-electron chi connectivity index (χ3n) is 5.47. The van der Waals surface area contributed by atoms with E-state index in [-0.39, 0.29) is 31.0 Å². The predicted octanol–water partition coefficient (Wildman–Crippen LogP) is 4.11. The molecule has 0 bridgehead atoms. The number of hydrogen-bond donors (Lipinski definition) is 0. The number of ether oxygens (including phenoxy) is 2. The number of rotatable bonds is 5. The van der Waals surface area contributed by atoms with Crippen molar-refractivity contribution in [1.82, 2.24) is 19.9 Å². The second-order valence-electron chi connectivity index (χ2n) is 7.93. The van der Waals surface area contributed by atoms with Gasteiger partial charge in [-0.3, -0.25) is 0 Å². The zero-order valence-corrected chi connectivity index (χ0v) is 17.8. The van der Waals surface area contributed by atoms with E-state index >= 15 is 0 Å². The molecule has 3 heterocycles. The normalized spacial score (nSPS) is 19.4. The monoisotopic (exact) mass is 438 g/mol. The Kier molecular flexibility index (Phi) is 5.86. The van der Waals surface area contributed by atoms with Crippen LogP contribution in [0.4, 0.5) is 13.6 Å². The molecular formula is C20H24F2N4O3S. The van der Waals surface area contributed by atoms with E-state index in [1.807, 2.05) is 12.3 Å². The number of aryl methyl sites for hydroxylation is 1. The lowest BCUT2D eigenvalue weighted by Gasteiger charge is -2.37. The SMILES string of the molecule is COC(=O)N1CC(Oc2cc(CC3CCC(F)(F)CC3)nc(-c3nc(C)cs3)n2)C1. The molecule has 0 N–H and O–H groups in total. The Labute approximate surface area is 177 Å². The van der Waals surface area contributed by atoms with Crippen molar-refractivity contribution in [3.8, 4) is 16.7 Å². The molecule has 0 spiro atoms. The Morgan fingerprint density at radius 3 is 2.63 bits per heavy atom. The Morgan fingerprint density at radius 1 is 1.27 bits per heavy atom. The average molecular weight is 439 g/mol. The van der Waals surface area contributed by atoms with Crippen molar-refractivity contribution in [2.45, 2.75) is 51.1 Å². The molecule has 10 heteroatoms. The molecule has 0 aromatic carbocycles. The molecule has 30 heavy (non-hydrogen) atoms. The van der Waals surface area contributed by atoms with Gasteiger partial charge < -0.3 is 14.4 Å². The summed E-state index contributed by atoms with van der Waals surface area (Å²) < 4.78 is 37.6. The second-order valence-corrected chi connectivity index (χ2v) is 8.79. The van der Waals surface area contributed by atoms with Crippen molar-refractivity contribution in [3.63, 3.8) is 0 Å². The molecule has 7 nitrogen and oxygen atoms in total. The number of likely N-dealkylation sites (tertiary alicyclic amines) is 1. The van der Waals surface area contributed by atoms with Crippen molar-refractivity contribution in [1.29, 1.82) is 0 Å². The van der Waals surface area contributed by atoms with Crippen LogP contribution >= 0.6 is 11.3 Å². The fraction of sp³-hybridized carbons (Fsp3) is 0.600. The molecule has 4 rings (SSSR count). The summed E-state index contributed by atoms with van der Waals surface area (Å²) >= 11 is 1.45. The Balaban J connectivity index is 1.49. The summed E-state index contributed by atoms with van der Waals surface area (Å²) in [5, 5.41) is 2.62. The standard InChI is InChI=1S/C20H24F2N4O3S/c1-12-11-30-18(23-12)17-24-14(7-13-3-5-20(21,22)6-4-13)8-16(25-17)29-15-9-26(10-15)19(27)28-2/h8,11,13,15H,3-7,9-10H2,1-2H3. The van der Waals surface area contributed by atoms with Crippen LogP contribution in [0.15, 0.2) is 11.4 Å². The Morgan fingerprint density at radius 2 is 2.00 bits per heavy atom. The molecule has 1 amide bonds. The maximum absolute atomic E-state index is 13.5. The first-order valence-electron chi connectivity index (χ1n) is 9.99. The highest BCUT2D eigenvalue weighted by atomic mass is 32.1. The van der Waals surface area contributed by atoms with Gasteiger partial charge in [-0.05, 0) is 32.1 Å². The summed E-state index contributed by atoms with van der Waals surface area (Å²) in [6, 6.07) is 1.78. The zero-order valence-electron chi connectivity index (χ0n) is 16.9. The highest BCUT2D eigenvalue weighted by Crippen LogP contribution is 2.37. The smallest absolute Gasteiger partial charge is 0.409 e. The van der Waals surface area contributed by atoms with Crippen LogP contribution in [0.25, 0.3) is 10.8 Å². The van der Waals surface area contributed by atoms with Crippen molar-refractivity contribution in [3.05, 3.63) is 22.8 Å². The number of carbonyl (C=O) groups excluding carboxylic acids is 1. The summed E-state index contributed by atoms with van der Waals surface area (Å²) in [4.78, 5) is 26.7. The number of amides is 1. The number of halogens is 2. The molecule has 1 aliphatic heterocycles. The zero-order chi connectivity index (χ0) is 21.3. The number of thiazole rings is 1. The summed E-state index contributed by atoms with van der Waals surface area (Å²) in [5.74, 6) is -1.49. The molecule has 0 radical (unpaired) electrons. The summed E-state index contributed by atoms with van der Waals surface area (Å²) in [6.45, 7) is 2.75. The van der Waals surface area contributed by atoms with Crippen molar-refractivity contribution >= 4 is 17.4 Å². The van der Waals surface area contributed by atoms with Gasteiger partial charge in [-0.25, -0.2) is 23.5 Å². The van der Waals surface area contributed by atoms with Crippen LogP contribution in [0.1, 0.15) is 37.1 Å². The lowest BCUT2D eigenvalue weighted by Crippen LogP contribution is -2.56. The minimum Gasteiger partial charge on any atom is -0.470 e. The van der Waals surface area contributed by atoms with E-state index in [4.69, 9.17) is 9.47 Å².